The molecule has 0 radical (unpaired) electrons. The third kappa shape index (κ3) is 5.64. The average molecular weight is 439 g/mol. The van der Waals surface area contributed by atoms with E-state index in [9.17, 15) is 4.79 Å². The molecule has 9 heteroatoms. The molecule has 2 aliphatic rings. The number of carbonyl (C=O) groups is 1. The Labute approximate surface area is 189 Å². The third-order valence-electron chi connectivity index (χ3n) is 6.29. The van der Waals surface area contributed by atoms with Gasteiger partial charge in [-0.1, -0.05) is 24.3 Å². The number of piperidine rings is 1. The van der Waals surface area contributed by atoms with Crippen LogP contribution in [0.2, 0.25) is 0 Å². The van der Waals surface area contributed by atoms with Crippen LogP contribution < -0.4 is 16.4 Å². The molecule has 3 heterocycles. The summed E-state index contributed by atoms with van der Waals surface area (Å²) in [6.45, 7) is 6.03. The molecule has 0 spiro atoms. The standard InChI is InChI=1S/C23H34N8O/c1-16-27-21-9-8-20(15-31(21)29-16)28-23(25-2)26-12-17-5-3-6-18(11-17)13-30-10-4-7-19(14-30)22(24)32/h3,5-6,11,19-20H,4,7-10,12-15H2,1-2H3,(H2,24,32)(H2,25,26,28). The first-order chi connectivity index (χ1) is 15.5. The maximum Gasteiger partial charge on any atom is 0.221 e. The van der Waals surface area contributed by atoms with Gasteiger partial charge in [-0.2, -0.15) is 5.10 Å². The second-order valence-electron chi connectivity index (χ2n) is 8.86. The molecule has 172 valence electrons. The van der Waals surface area contributed by atoms with E-state index in [0.717, 1.165) is 69.5 Å². The first-order valence-corrected chi connectivity index (χ1v) is 11.5. The van der Waals surface area contributed by atoms with Crippen molar-refractivity contribution in [1.82, 2.24) is 30.3 Å². The van der Waals surface area contributed by atoms with Gasteiger partial charge < -0.3 is 16.4 Å². The molecule has 2 atom stereocenters. The number of carbonyl (C=O) groups excluding carboxylic acids is 1. The topological polar surface area (TPSA) is 113 Å². The largest absolute Gasteiger partial charge is 0.369 e. The van der Waals surface area contributed by atoms with E-state index in [1.165, 1.54) is 11.1 Å². The summed E-state index contributed by atoms with van der Waals surface area (Å²) in [7, 11) is 1.80. The molecule has 32 heavy (non-hydrogen) atoms. The van der Waals surface area contributed by atoms with Crippen molar-refractivity contribution in [3.05, 3.63) is 47.0 Å². The Morgan fingerprint density at radius 2 is 2.12 bits per heavy atom. The van der Waals surface area contributed by atoms with Gasteiger partial charge >= 0.3 is 0 Å². The van der Waals surface area contributed by atoms with Crippen molar-refractivity contribution in [2.75, 3.05) is 20.1 Å². The number of aryl methyl sites for hydroxylation is 2. The van der Waals surface area contributed by atoms with Gasteiger partial charge in [0.2, 0.25) is 5.91 Å². The number of hydrogen-bond acceptors (Lipinski definition) is 5. The number of nitrogens with one attached hydrogen (secondary N) is 2. The van der Waals surface area contributed by atoms with Crippen molar-refractivity contribution in [3.63, 3.8) is 0 Å². The molecule has 1 aromatic carbocycles. The van der Waals surface area contributed by atoms with Crippen LogP contribution in [-0.4, -0.2) is 57.7 Å². The van der Waals surface area contributed by atoms with E-state index in [4.69, 9.17) is 5.73 Å². The number of fused-ring (bicyclic) bond motifs is 1. The van der Waals surface area contributed by atoms with Crippen LogP contribution in [0.4, 0.5) is 0 Å². The lowest BCUT2D eigenvalue weighted by Gasteiger charge is -2.31. The molecular formula is C23H34N8O. The molecule has 1 aromatic heterocycles. The highest BCUT2D eigenvalue weighted by Gasteiger charge is 2.24. The number of nitrogens with zero attached hydrogens (tertiary/aromatic N) is 5. The van der Waals surface area contributed by atoms with Gasteiger partial charge in [0.15, 0.2) is 5.96 Å². The van der Waals surface area contributed by atoms with Crippen molar-refractivity contribution in [3.8, 4) is 0 Å². The van der Waals surface area contributed by atoms with Gasteiger partial charge in [-0.3, -0.25) is 14.7 Å². The Bertz CT molecular complexity index is 969. The Balaban J connectivity index is 1.29. The fourth-order valence-corrected chi connectivity index (χ4v) is 4.65. The van der Waals surface area contributed by atoms with E-state index in [-0.39, 0.29) is 17.9 Å². The van der Waals surface area contributed by atoms with Gasteiger partial charge in [-0.05, 0) is 43.9 Å². The lowest BCUT2D eigenvalue weighted by Crippen LogP contribution is -2.46. The molecule has 2 aromatic rings. The highest BCUT2D eigenvalue weighted by molar-refractivity contribution is 5.80. The number of benzene rings is 1. The van der Waals surface area contributed by atoms with Crippen LogP contribution in [0.15, 0.2) is 29.3 Å². The van der Waals surface area contributed by atoms with Crippen LogP contribution >= 0.6 is 0 Å². The first kappa shape index (κ1) is 22.3. The zero-order chi connectivity index (χ0) is 22.5. The Morgan fingerprint density at radius 3 is 2.94 bits per heavy atom. The Morgan fingerprint density at radius 1 is 1.28 bits per heavy atom. The summed E-state index contributed by atoms with van der Waals surface area (Å²) >= 11 is 0. The zero-order valence-electron chi connectivity index (χ0n) is 19.0. The molecule has 1 saturated heterocycles. The molecule has 4 rings (SSSR count). The number of hydrogen-bond donors (Lipinski definition) is 3. The lowest BCUT2D eigenvalue weighted by atomic mass is 9.97. The van der Waals surface area contributed by atoms with Gasteiger partial charge in [0.1, 0.15) is 11.6 Å². The van der Waals surface area contributed by atoms with Crippen molar-refractivity contribution in [1.29, 1.82) is 0 Å². The van der Waals surface area contributed by atoms with Gasteiger partial charge in [0.25, 0.3) is 0 Å². The fourth-order valence-electron chi connectivity index (χ4n) is 4.65. The van der Waals surface area contributed by atoms with Gasteiger partial charge in [-0.15, -0.1) is 0 Å². The Kier molecular flexibility index (Phi) is 7.04. The van der Waals surface area contributed by atoms with Crippen molar-refractivity contribution < 1.29 is 4.79 Å². The number of aromatic nitrogens is 3. The molecule has 1 amide bonds. The van der Waals surface area contributed by atoms with Crippen molar-refractivity contribution >= 4 is 11.9 Å². The van der Waals surface area contributed by atoms with Gasteiger partial charge in [0, 0.05) is 39.1 Å². The van der Waals surface area contributed by atoms with Crippen LogP contribution in [0.25, 0.3) is 0 Å². The summed E-state index contributed by atoms with van der Waals surface area (Å²) in [5, 5.41) is 11.4. The minimum Gasteiger partial charge on any atom is -0.369 e. The minimum absolute atomic E-state index is 0.0275. The zero-order valence-corrected chi connectivity index (χ0v) is 19.0. The van der Waals surface area contributed by atoms with E-state index in [1.807, 2.05) is 11.6 Å². The third-order valence-corrected chi connectivity index (χ3v) is 6.29. The molecule has 0 bridgehead atoms. The highest BCUT2D eigenvalue weighted by atomic mass is 16.1. The highest BCUT2D eigenvalue weighted by Crippen LogP contribution is 2.19. The number of aliphatic imine (C=N–C) groups is 1. The molecule has 0 saturated carbocycles. The summed E-state index contributed by atoms with van der Waals surface area (Å²) in [6.07, 6.45) is 3.86. The van der Waals surface area contributed by atoms with E-state index in [0.29, 0.717) is 6.54 Å². The maximum absolute atomic E-state index is 11.6. The molecule has 4 N–H and O–H groups in total. The number of guanidine groups is 1. The van der Waals surface area contributed by atoms with Crippen molar-refractivity contribution in [2.24, 2.45) is 16.6 Å². The summed E-state index contributed by atoms with van der Waals surface area (Å²) in [4.78, 5) is 22.8. The summed E-state index contributed by atoms with van der Waals surface area (Å²) < 4.78 is 2.00. The quantitative estimate of drug-likeness (QED) is 0.457. The van der Waals surface area contributed by atoms with E-state index in [2.05, 4.69) is 54.9 Å². The fraction of sp³-hybridized carbons (Fsp3) is 0.565. The van der Waals surface area contributed by atoms with Gasteiger partial charge in [0.05, 0.1) is 12.5 Å². The van der Waals surface area contributed by atoms with E-state index in [1.54, 1.807) is 7.05 Å². The molecule has 9 nitrogen and oxygen atoms in total. The monoisotopic (exact) mass is 438 g/mol. The van der Waals surface area contributed by atoms with Crippen LogP contribution in [0.3, 0.4) is 0 Å². The first-order valence-electron chi connectivity index (χ1n) is 11.5. The van der Waals surface area contributed by atoms with Crippen LogP contribution in [0.5, 0.6) is 0 Å². The number of likely N-dealkylation sites (tertiary alicyclic amines) is 1. The second-order valence-corrected chi connectivity index (χ2v) is 8.86. The molecular weight excluding hydrogens is 404 g/mol. The Hall–Kier alpha value is -2.94. The van der Waals surface area contributed by atoms with Crippen LogP contribution in [0, 0.1) is 12.8 Å². The summed E-state index contributed by atoms with van der Waals surface area (Å²) in [5.74, 6) is 2.48. The van der Waals surface area contributed by atoms with Crippen LogP contribution in [-0.2, 0) is 30.8 Å². The van der Waals surface area contributed by atoms with E-state index < -0.39 is 0 Å². The minimum atomic E-state index is -0.181. The van der Waals surface area contributed by atoms with Crippen molar-refractivity contribution in [2.45, 2.75) is 58.3 Å². The number of nitrogens with two attached hydrogens (primary N) is 1. The SMILES string of the molecule is CN=C(NCc1cccc(CN2CCCC(C(N)=O)C2)c1)NC1CCc2nc(C)nn2C1. The predicted octanol–water partition coefficient (Wildman–Crippen LogP) is 0.964. The second kappa shape index (κ2) is 10.1. The molecule has 1 fully saturated rings. The molecule has 2 aliphatic heterocycles. The number of rotatable bonds is 6. The van der Waals surface area contributed by atoms with Gasteiger partial charge in [-0.25, -0.2) is 9.67 Å². The normalized spacial score (nSPS) is 21.8. The average Bonchev–Trinajstić information content (AvgIpc) is 3.16. The summed E-state index contributed by atoms with van der Waals surface area (Å²) in [6, 6.07) is 8.85. The predicted molar refractivity (Wildman–Crippen MR) is 124 cm³/mol. The number of amides is 1. The smallest absolute Gasteiger partial charge is 0.221 e. The van der Waals surface area contributed by atoms with Crippen LogP contribution in [0.1, 0.15) is 42.0 Å². The number of primary amides is 1. The lowest BCUT2D eigenvalue weighted by molar-refractivity contribution is -0.123. The van der Waals surface area contributed by atoms with E-state index >= 15 is 0 Å². The maximum atomic E-state index is 11.6. The molecule has 2 unspecified atom stereocenters. The summed E-state index contributed by atoms with van der Waals surface area (Å²) in [5.41, 5.74) is 7.97. The molecule has 0 aliphatic carbocycles.